The fourth-order valence-corrected chi connectivity index (χ4v) is 1.06. The van der Waals surface area contributed by atoms with E-state index in [0.29, 0.717) is 6.07 Å². The number of aromatic nitrogens is 2. The zero-order valence-corrected chi connectivity index (χ0v) is 8.80. The van der Waals surface area contributed by atoms with Crippen molar-refractivity contribution in [2.24, 2.45) is 0 Å². The molecule has 4 nitrogen and oxygen atoms in total. The van der Waals surface area contributed by atoms with Crippen LogP contribution in [-0.4, -0.2) is 28.4 Å². The predicted octanol–water partition coefficient (Wildman–Crippen LogP) is 2.24. The lowest BCUT2D eigenvalue weighted by Gasteiger charge is -2.23. The van der Waals surface area contributed by atoms with Gasteiger partial charge in [-0.05, 0) is 6.92 Å². The Hall–Kier alpha value is -1.74. The first-order chi connectivity index (χ1) is 8.00. The molecule has 18 heavy (non-hydrogen) atoms. The van der Waals surface area contributed by atoms with Crippen molar-refractivity contribution < 1.29 is 31.1 Å². The molecule has 0 saturated carbocycles. The second kappa shape index (κ2) is 4.50. The van der Waals surface area contributed by atoms with Crippen LogP contribution in [0.15, 0.2) is 6.07 Å². The summed E-state index contributed by atoms with van der Waals surface area (Å²) in [6.07, 6.45) is -15.2. The molecule has 0 aliphatic heterocycles. The fourth-order valence-electron chi connectivity index (χ4n) is 1.06. The van der Waals surface area contributed by atoms with E-state index in [1.807, 2.05) is 0 Å². The second-order valence-electron chi connectivity index (χ2n) is 3.26. The third-order valence-electron chi connectivity index (χ3n) is 1.67. The first-order valence-electron chi connectivity index (χ1n) is 4.41. The molecule has 2 N–H and O–H groups in total. The number of nitrogens with zero attached hydrogens (tertiary/aromatic N) is 2. The number of halogens is 6. The van der Waals surface area contributed by atoms with Crippen LogP contribution in [0.25, 0.3) is 0 Å². The van der Waals surface area contributed by atoms with Gasteiger partial charge in [0.2, 0.25) is 5.88 Å². The van der Waals surface area contributed by atoms with Crippen LogP contribution in [0.2, 0.25) is 0 Å². The van der Waals surface area contributed by atoms with Crippen LogP contribution in [0, 0.1) is 6.92 Å². The topological polar surface area (TPSA) is 61.0 Å². The molecule has 0 saturated heterocycles. The lowest BCUT2D eigenvalue weighted by Crippen LogP contribution is -2.46. The minimum atomic E-state index is -5.61. The quantitative estimate of drug-likeness (QED) is 0.841. The molecule has 0 spiro atoms. The molecule has 0 amide bonds. The molecule has 0 radical (unpaired) electrons. The van der Waals surface area contributed by atoms with Crippen LogP contribution in [0.4, 0.5) is 32.2 Å². The van der Waals surface area contributed by atoms with Gasteiger partial charge in [0.05, 0.1) is 0 Å². The molecule has 0 fully saturated rings. The molecule has 1 aromatic heterocycles. The van der Waals surface area contributed by atoms with Gasteiger partial charge in [-0.15, -0.1) is 0 Å². The van der Waals surface area contributed by atoms with E-state index in [2.05, 4.69) is 14.7 Å². The molecule has 0 atom stereocenters. The van der Waals surface area contributed by atoms with Gasteiger partial charge in [-0.25, -0.2) is 4.98 Å². The van der Waals surface area contributed by atoms with Crippen molar-refractivity contribution in [2.45, 2.75) is 25.4 Å². The highest BCUT2D eigenvalue weighted by Gasteiger charge is 2.59. The van der Waals surface area contributed by atoms with Gasteiger partial charge in [0.15, 0.2) is 0 Å². The summed E-state index contributed by atoms with van der Waals surface area (Å²) in [5, 5.41) is 0. The molecule has 0 bridgehead atoms. The summed E-state index contributed by atoms with van der Waals surface area (Å²) in [6.45, 7) is 1.25. The van der Waals surface area contributed by atoms with E-state index < -0.39 is 24.3 Å². The smallest absolute Gasteiger partial charge is 0.434 e. The molecular formula is C8H7F6N3O. The Morgan fingerprint density at radius 1 is 1.11 bits per heavy atom. The number of hydrogen-bond donors (Lipinski definition) is 1. The van der Waals surface area contributed by atoms with E-state index in [9.17, 15) is 26.3 Å². The average molecular weight is 275 g/mol. The molecule has 1 rings (SSSR count). The predicted molar refractivity (Wildman–Crippen MR) is 47.7 cm³/mol. The van der Waals surface area contributed by atoms with E-state index >= 15 is 0 Å². The Morgan fingerprint density at radius 3 is 2.00 bits per heavy atom. The fraction of sp³-hybridized carbons (Fsp3) is 0.500. The van der Waals surface area contributed by atoms with Crippen molar-refractivity contribution >= 4 is 5.82 Å². The zero-order chi connectivity index (χ0) is 14.1. The maximum absolute atomic E-state index is 12.2. The third-order valence-corrected chi connectivity index (χ3v) is 1.67. The normalized spacial score (nSPS) is 12.9. The minimum Gasteiger partial charge on any atom is -0.455 e. The molecule has 0 unspecified atom stereocenters. The van der Waals surface area contributed by atoms with Gasteiger partial charge in [-0.2, -0.15) is 31.3 Å². The van der Waals surface area contributed by atoms with Crippen LogP contribution >= 0.6 is 0 Å². The Bertz CT molecular complexity index is 396. The van der Waals surface area contributed by atoms with Crippen LogP contribution < -0.4 is 10.5 Å². The van der Waals surface area contributed by atoms with Crippen molar-refractivity contribution in [3.8, 4) is 5.88 Å². The van der Waals surface area contributed by atoms with Gasteiger partial charge in [-0.1, -0.05) is 0 Å². The van der Waals surface area contributed by atoms with E-state index in [0.717, 1.165) is 0 Å². The molecule has 0 aromatic carbocycles. The number of alkyl halides is 6. The average Bonchev–Trinajstić information content (AvgIpc) is 2.08. The lowest BCUT2D eigenvalue weighted by molar-refractivity contribution is -0.300. The monoisotopic (exact) mass is 275 g/mol. The molecule has 1 aromatic rings. The van der Waals surface area contributed by atoms with Gasteiger partial charge in [0, 0.05) is 6.07 Å². The molecule has 102 valence electrons. The standard InChI is InChI=1S/C8H7F6N3O/c1-3-16-4(15)2-5(17-3)18-6(7(9,10)11)8(12,13)14/h2,6H,1H3,(H2,15,16,17). The van der Waals surface area contributed by atoms with Gasteiger partial charge in [0.25, 0.3) is 6.10 Å². The largest absolute Gasteiger partial charge is 0.455 e. The van der Waals surface area contributed by atoms with Crippen LogP contribution in [0.3, 0.4) is 0 Å². The summed E-state index contributed by atoms with van der Waals surface area (Å²) in [5.41, 5.74) is 5.16. The van der Waals surface area contributed by atoms with Gasteiger partial charge >= 0.3 is 12.4 Å². The molecular weight excluding hydrogens is 268 g/mol. The molecule has 0 aliphatic rings. The Kier molecular flexibility index (Phi) is 3.58. The van der Waals surface area contributed by atoms with Crippen molar-refractivity contribution in [1.82, 2.24) is 9.97 Å². The van der Waals surface area contributed by atoms with Crippen LogP contribution in [0.5, 0.6) is 5.88 Å². The number of aryl methyl sites for hydroxylation is 1. The second-order valence-corrected chi connectivity index (χ2v) is 3.26. The van der Waals surface area contributed by atoms with Crippen LogP contribution in [-0.2, 0) is 0 Å². The number of anilines is 1. The van der Waals surface area contributed by atoms with Gasteiger partial charge < -0.3 is 10.5 Å². The van der Waals surface area contributed by atoms with Gasteiger partial charge in [-0.3, -0.25) is 0 Å². The maximum atomic E-state index is 12.2. The van der Waals surface area contributed by atoms with Crippen molar-refractivity contribution in [3.63, 3.8) is 0 Å². The van der Waals surface area contributed by atoms with Crippen molar-refractivity contribution in [1.29, 1.82) is 0 Å². The molecule has 10 heteroatoms. The van der Waals surface area contributed by atoms with Crippen molar-refractivity contribution in [2.75, 3.05) is 5.73 Å². The summed E-state index contributed by atoms with van der Waals surface area (Å²) in [4.78, 5) is 6.78. The summed E-state index contributed by atoms with van der Waals surface area (Å²) in [6, 6.07) is 0.678. The summed E-state index contributed by atoms with van der Waals surface area (Å²) < 4.78 is 76.9. The summed E-state index contributed by atoms with van der Waals surface area (Å²) in [5.74, 6) is -1.28. The summed E-state index contributed by atoms with van der Waals surface area (Å²) in [7, 11) is 0. The minimum absolute atomic E-state index is 0.104. The Labute approximate surface area is 96.8 Å². The summed E-state index contributed by atoms with van der Waals surface area (Å²) >= 11 is 0. The SMILES string of the molecule is Cc1nc(N)cc(OC(C(F)(F)F)C(F)(F)F)n1. The zero-order valence-electron chi connectivity index (χ0n) is 8.80. The number of ether oxygens (including phenoxy) is 1. The maximum Gasteiger partial charge on any atom is 0.434 e. The number of nitrogens with two attached hydrogens (primary N) is 1. The van der Waals surface area contributed by atoms with E-state index in [1.165, 1.54) is 6.92 Å². The van der Waals surface area contributed by atoms with Crippen molar-refractivity contribution in [3.05, 3.63) is 11.9 Å². The van der Waals surface area contributed by atoms with E-state index in [4.69, 9.17) is 5.73 Å². The van der Waals surface area contributed by atoms with E-state index in [1.54, 1.807) is 0 Å². The Morgan fingerprint density at radius 2 is 1.61 bits per heavy atom. The number of nitrogen functional groups attached to an aromatic ring is 1. The first-order valence-corrected chi connectivity index (χ1v) is 4.41. The van der Waals surface area contributed by atoms with E-state index in [-0.39, 0.29) is 11.6 Å². The molecule has 0 aliphatic carbocycles. The van der Waals surface area contributed by atoms with Crippen LogP contribution in [0.1, 0.15) is 5.82 Å². The highest BCUT2D eigenvalue weighted by Crippen LogP contribution is 2.36. The molecule has 1 heterocycles. The highest BCUT2D eigenvalue weighted by atomic mass is 19.4. The Balaban J connectivity index is 3.04. The van der Waals surface area contributed by atoms with Gasteiger partial charge in [0.1, 0.15) is 11.6 Å². The first kappa shape index (κ1) is 14.3. The number of rotatable bonds is 2. The lowest BCUT2D eigenvalue weighted by atomic mass is 10.3. The third kappa shape index (κ3) is 3.64. The highest BCUT2D eigenvalue weighted by molar-refractivity contribution is 5.32. The number of hydrogen-bond acceptors (Lipinski definition) is 4.